The lowest BCUT2D eigenvalue weighted by Gasteiger charge is -2.01. The Bertz CT molecular complexity index is 281. The number of hydrogen-bond acceptors (Lipinski definition) is 1. The van der Waals surface area contributed by atoms with Gasteiger partial charge in [-0.2, -0.15) is 0 Å². The van der Waals surface area contributed by atoms with Gasteiger partial charge in [-0.25, -0.2) is 9.13 Å². The summed E-state index contributed by atoms with van der Waals surface area (Å²) >= 11 is 0. The second kappa shape index (κ2) is 6.62. The first-order valence-corrected chi connectivity index (χ1v) is 5.92. The summed E-state index contributed by atoms with van der Waals surface area (Å²) in [6.07, 6.45) is 6.66. The van der Waals surface area contributed by atoms with Crippen molar-refractivity contribution in [3.05, 3.63) is 18.2 Å². The molecule has 1 rings (SSSR count). The molecule has 0 N–H and O–H groups in total. The average molecular weight is 211 g/mol. The molecule has 86 valence electrons. The van der Waals surface area contributed by atoms with Gasteiger partial charge in [0.25, 0.3) is 5.82 Å². The molecule has 0 saturated carbocycles. The molecule has 1 heterocycles. The third-order valence-electron chi connectivity index (χ3n) is 2.74. The van der Waals surface area contributed by atoms with Gasteiger partial charge in [0, 0.05) is 20.1 Å². The summed E-state index contributed by atoms with van der Waals surface area (Å²) in [7, 11) is 0. The largest absolute Gasteiger partial charge is 0.382 e. The highest BCUT2D eigenvalue weighted by Gasteiger charge is 2.09. The van der Waals surface area contributed by atoms with Crippen molar-refractivity contribution in [1.29, 1.82) is 0 Å². The van der Waals surface area contributed by atoms with Crippen molar-refractivity contribution < 1.29 is 9.30 Å². The van der Waals surface area contributed by atoms with Crippen molar-refractivity contribution in [3.8, 4) is 0 Å². The third kappa shape index (κ3) is 3.67. The average Bonchev–Trinajstić information content (AvgIpc) is 2.60. The van der Waals surface area contributed by atoms with Crippen LogP contribution in [0, 0.1) is 6.92 Å². The van der Waals surface area contributed by atoms with E-state index in [9.17, 15) is 0 Å². The van der Waals surface area contributed by atoms with Gasteiger partial charge < -0.3 is 4.74 Å². The highest BCUT2D eigenvalue weighted by atomic mass is 16.5. The number of hydrogen-bond donors (Lipinski definition) is 0. The second-order valence-electron chi connectivity index (χ2n) is 3.73. The zero-order chi connectivity index (χ0) is 11.1. The summed E-state index contributed by atoms with van der Waals surface area (Å²) in [5.41, 5.74) is 0. The van der Waals surface area contributed by atoms with Gasteiger partial charge >= 0.3 is 0 Å². The zero-order valence-electron chi connectivity index (χ0n) is 10.2. The van der Waals surface area contributed by atoms with Crippen LogP contribution in [0.5, 0.6) is 0 Å². The molecule has 3 nitrogen and oxygen atoms in total. The molecule has 0 bridgehead atoms. The van der Waals surface area contributed by atoms with Crippen LogP contribution in [0.1, 0.15) is 32.5 Å². The zero-order valence-corrected chi connectivity index (χ0v) is 10.2. The van der Waals surface area contributed by atoms with Crippen LogP contribution in [0.3, 0.4) is 0 Å². The molecule has 3 heteroatoms. The highest BCUT2D eigenvalue weighted by Crippen LogP contribution is 1.96. The molecule has 0 amide bonds. The first-order chi connectivity index (χ1) is 7.29. The van der Waals surface area contributed by atoms with Crippen molar-refractivity contribution in [3.63, 3.8) is 0 Å². The number of unbranched alkanes of at least 4 members (excludes halogenated alkanes) is 1. The number of aryl methyl sites for hydroxylation is 2. The van der Waals surface area contributed by atoms with Crippen LogP contribution < -0.4 is 4.57 Å². The molecule has 0 aliphatic rings. The van der Waals surface area contributed by atoms with Gasteiger partial charge in [0.2, 0.25) is 0 Å². The Morgan fingerprint density at radius 3 is 2.73 bits per heavy atom. The summed E-state index contributed by atoms with van der Waals surface area (Å²) in [5.74, 6) is 1.34. The fourth-order valence-corrected chi connectivity index (χ4v) is 1.74. The molecule has 1 aromatic rings. The van der Waals surface area contributed by atoms with Gasteiger partial charge in [0.15, 0.2) is 0 Å². The molecule has 0 aromatic carbocycles. The first-order valence-electron chi connectivity index (χ1n) is 5.92. The summed E-state index contributed by atoms with van der Waals surface area (Å²) in [5, 5.41) is 0. The molecule has 0 atom stereocenters. The third-order valence-corrected chi connectivity index (χ3v) is 2.74. The van der Waals surface area contributed by atoms with E-state index < -0.39 is 0 Å². The fraction of sp³-hybridized carbons (Fsp3) is 0.750. The first kappa shape index (κ1) is 12.2. The minimum absolute atomic E-state index is 0.832. The number of ether oxygens (including phenoxy) is 1. The fourth-order valence-electron chi connectivity index (χ4n) is 1.74. The number of nitrogens with zero attached hydrogens (tertiary/aromatic N) is 2. The molecular weight excluding hydrogens is 188 g/mol. The topological polar surface area (TPSA) is 18.0 Å². The van der Waals surface area contributed by atoms with E-state index in [4.69, 9.17) is 4.74 Å². The van der Waals surface area contributed by atoms with Crippen LogP contribution in [0.25, 0.3) is 0 Å². The van der Waals surface area contributed by atoms with Crippen molar-refractivity contribution in [1.82, 2.24) is 4.57 Å². The molecule has 0 aliphatic heterocycles. The molecule has 0 radical (unpaired) electrons. The van der Waals surface area contributed by atoms with Crippen molar-refractivity contribution in [2.45, 2.75) is 46.7 Å². The normalized spacial score (nSPS) is 10.9. The van der Waals surface area contributed by atoms with E-state index in [1.165, 1.54) is 12.2 Å². The van der Waals surface area contributed by atoms with E-state index in [0.717, 1.165) is 32.7 Å². The quantitative estimate of drug-likeness (QED) is 0.498. The maximum absolute atomic E-state index is 5.31. The van der Waals surface area contributed by atoms with Crippen molar-refractivity contribution >= 4 is 0 Å². The molecule has 0 spiro atoms. The molecule has 15 heavy (non-hydrogen) atoms. The Hall–Kier alpha value is -0.830. The summed E-state index contributed by atoms with van der Waals surface area (Å²) in [6, 6.07) is 0. The van der Waals surface area contributed by atoms with Crippen LogP contribution in [0.4, 0.5) is 0 Å². The minimum Gasteiger partial charge on any atom is -0.382 e. The molecule has 0 aliphatic carbocycles. The number of aromatic nitrogens is 2. The van der Waals surface area contributed by atoms with E-state index in [0.29, 0.717) is 0 Å². The SMILES string of the molecule is CCOCCCC[n+]1ccn(CC)c1C. The minimum atomic E-state index is 0.832. The lowest BCUT2D eigenvalue weighted by atomic mass is 10.3. The van der Waals surface area contributed by atoms with E-state index in [1.54, 1.807) is 0 Å². The van der Waals surface area contributed by atoms with Crippen LogP contribution in [-0.4, -0.2) is 17.8 Å². The number of rotatable bonds is 7. The number of imidazole rings is 1. The van der Waals surface area contributed by atoms with Crippen LogP contribution in [-0.2, 0) is 17.8 Å². The van der Waals surface area contributed by atoms with E-state index in [1.807, 2.05) is 6.92 Å². The molecule has 1 aromatic heterocycles. The molecule has 0 saturated heterocycles. The standard InChI is InChI=1S/C12H23N2O/c1-4-13-9-10-14(12(13)3)8-6-7-11-15-5-2/h9-10H,4-8,11H2,1-3H3/q+1. The Labute approximate surface area is 92.7 Å². The molecular formula is C12H23N2O+. The lowest BCUT2D eigenvalue weighted by molar-refractivity contribution is -0.702. The second-order valence-corrected chi connectivity index (χ2v) is 3.73. The monoisotopic (exact) mass is 211 g/mol. The maximum Gasteiger partial charge on any atom is 0.253 e. The van der Waals surface area contributed by atoms with Gasteiger partial charge in [-0.1, -0.05) is 0 Å². The Morgan fingerprint density at radius 1 is 1.33 bits per heavy atom. The Morgan fingerprint density at radius 2 is 2.13 bits per heavy atom. The Balaban J connectivity index is 2.28. The van der Waals surface area contributed by atoms with Crippen LogP contribution in [0.2, 0.25) is 0 Å². The van der Waals surface area contributed by atoms with Gasteiger partial charge in [-0.3, -0.25) is 0 Å². The lowest BCUT2D eigenvalue weighted by Crippen LogP contribution is -2.35. The van der Waals surface area contributed by atoms with Gasteiger partial charge in [0.1, 0.15) is 12.4 Å². The Kier molecular flexibility index (Phi) is 5.40. The van der Waals surface area contributed by atoms with Gasteiger partial charge in [-0.05, 0) is 26.7 Å². The van der Waals surface area contributed by atoms with E-state index in [2.05, 4.69) is 35.4 Å². The van der Waals surface area contributed by atoms with Crippen LogP contribution in [0.15, 0.2) is 12.4 Å². The van der Waals surface area contributed by atoms with Crippen molar-refractivity contribution in [2.75, 3.05) is 13.2 Å². The van der Waals surface area contributed by atoms with Crippen LogP contribution >= 0.6 is 0 Å². The maximum atomic E-state index is 5.31. The summed E-state index contributed by atoms with van der Waals surface area (Å²) in [4.78, 5) is 0. The van der Waals surface area contributed by atoms with Gasteiger partial charge in [0.05, 0.1) is 13.1 Å². The molecule has 0 unspecified atom stereocenters. The smallest absolute Gasteiger partial charge is 0.253 e. The van der Waals surface area contributed by atoms with Crippen molar-refractivity contribution in [2.24, 2.45) is 0 Å². The molecule has 0 fully saturated rings. The van der Waals surface area contributed by atoms with E-state index >= 15 is 0 Å². The van der Waals surface area contributed by atoms with Gasteiger partial charge in [-0.15, -0.1) is 0 Å². The van der Waals surface area contributed by atoms with E-state index in [-0.39, 0.29) is 0 Å². The predicted octanol–water partition coefficient (Wildman–Crippen LogP) is 1.92. The predicted molar refractivity (Wildman–Crippen MR) is 60.8 cm³/mol. The highest BCUT2D eigenvalue weighted by molar-refractivity contribution is 4.78. The summed E-state index contributed by atoms with van der Waals surface area (Å²) < 4.78 is 9.89. The summed E-state index contributed by atoms with van der Waals surface area (Å²) in [6.45, 7) is 10.3.